The van der Waals surface area contributed by atoms with Crippen molar-refractivity contribution in [1.82, 2.24) is 10.0 Å². The first-order valence-electron chi connectivity index (χ1n) is 6.24. The molecule has 0 spiro atoms. The molecule has 1 aliphatic rings. The van der Waals surface area contributed by atoms with Crippen molar-refractivity contribution >= 4 is 38.4 Å². The minimum absolute atomic E-state index is 0. The van der Waals surface area contributed by atoms with Crippen LogP contribution in [0, 0.1) is 12.7 Å². The third kappa shape index (κ3) is 4.75. The average molecular weight is 400 g/mol. The summed E-state index contributed by atoms with van der Waals surface area (Å²) in [6.45, 7) is 3.49. The van der Waals surface area contributed by atoms with Gasteiger partial charge in [0.05, 0.1) is 9.37 Å². The summed E-state index contributed by atoms with van der Waals surface area (Å²) in [6, 6.07) is 2.51. The lowest BCUT2D eigenvalue weighted by Gasteiger charge is -2.15. The molecule has 0 aliphatic carbocycles. The molecule has 21 heavy (non-hydrogen) atoms. The molecule has 4 nitrogen and oxygen atoms in total. The van der Waals surface area contributed by atoms with Crippen LogP contribution in [0.1, 0.15) is 12.0 Å². The second kappa shape index (κ2) is 7.69. The first kappa shape index (κ1) is 18.6. The smallest absolute Gasteiger partial charge is 0.241 e. The SMILES string of the molecule is Cc1cc(F)c(Br)cc1S(=O)(=O)NCC1=CCNCC1.Cl. The van der Waals surface area contributed by atoms with Gasteiger partial charge >= 0.3 is 0 Å². The highest BCUT2D eigenvalue weighted by atomic mass is 79.9. The van der Waals surface area contributed by atoms with Crippen molar-refractivity contribution in [2.45, 2.75) is 18.2 Å². The van der Waals surface area contributed by atoms with Crippen LogP contribution in [-0.4, -0.2) is 28.1 Å². The Morgan fingerprint density at radius 2 is 2.14 bits per heavy atom. The molecule has 2 rings (SSSR count). The van der Waals surface area contributed by atoms with E-state index in [2.05, 4.69) is 26.0 Å². The molecule has 0 amide bonds. The lowest BCUT2D eigenvalue weighted by Crippen LogP contribution is -2.30. The molecule has 2 N–H and O–H groups in total. The molecule has 0 atom stereocenters. The fraction of sp³-hybridized carbons (Fsp3) is 0.385. The van der Waals surface area contributed by atoms with E-state index in [1.165, 1.54) is 12.1 Å². The van der Waals surface area contributed by atoms with Crippen molar-refractivity contribution in [3.8, 4) is 0 Å². The summed E-state index contributed by atoms with van der Waals surface area (Å²) in [7, 11) is -3.64. The van der Waals surface area contributed by atoms with Gasteiger partial charge in [-0.1, -0.05) is 11.6 Å². The number of rotatable bonds is 4. The fourth-order valence-corrected chi connectivity index (χ4v) is 3.79. The zero-order valence-electron chi connectivity index (χ0n) is 11.4. The normalized spacial score (nSPS) is 15.3. The van der Waals surface area contributed by atoms with Gasteiger partial charge in [0.25, 0.3) is 0 Å². The van der Waals surface area contributed by atoms with E-state index in [1.807, 2.05) is 6.08 Å². The van der Waals surface area contributed by atoms with Gasteiger partial charge in [-0.3, -0.25) is 0 Å². The van der Waals surface area contributed by atoms with Crippen LogP contribution in [-0.2, 0) is 10.0 Å². The van der Waals surface area contributed by atoms with Gasteiger partial charge in [-0.15, -0.1) is 12.4 Å². The average Bonchev–Trinajstić information content (AvgIpc) is 2.42. The van der Waals surface area contributed by atoms with Crippen molar-refractivity contribution in [1.29, 1.82) is 0 Å². The highest BCUT2D eigenvalue weighted by Crippen LogP contribution is 2.24. The predicted molar refractivity (Wildman–Crippen MR) is 86.8 cm³/mol. The molecule has 8 heteroatoms. The summed E-state index contributed by atoms with van der Waals surface area (Å²) in [5.41, 5.74) is 1.45. The third-order valence-electron chi connectivity index (χ3n) is 3.15. The lowest BCUT2D eigenvalue weighted by atomic mass is 10.1. The molecular formula is C13H17BrClFN2O2S. The van der Waals surface area contributed by atoms with Crippen LogP contribution in [0.15, 0.2) is 33.2 Å². The largest absolute Gasteiger partial charge is 0.313 e. The zero-order valence-corrected chi connectivity index (χ0v) is 14.7. The Morgan fingerprint density at radius 3 is 2.76 bits per heavy atom. The van der Waals surface area contributed by atoms with Crippen LogP contribution in [0.4, 0.5) is 4.39 Å². The first-order chi connectivity index (χ1) is 9.40. The number of hydrogen-bond donors (Lipinski definition) is 2. The maximum absolute atomic E-state index is 13.3. The number of benzene rings is 1. The van der Waals surface area contributed by atoms with Gasteiger partial charge in [-0.2, -0.15) is 0 Å². The summed E-state index contributed by atoms with van der Waals surface area (Å²) in [5.74, 6) is -0.470. The van der Waals surface area contributed by atoms with Gasteiger partial charge in [0, 0.05) is 13.1 Å². The van der Waals surface area contributed by atoms with Crippen LogP contribution in [0.5, 0.6) is 0 Å². The topological polar surface area (TPSA) is 58.2 Å². The van der Waals surface area contributed by atoms with E-state index < -0.39 is 15.8 Å². The van der Waals surface area contributed by atoms with Gasteiger partial charge < -0.3 is 5.32 Å². The molecule has 1 aliphatic heterocycles. The van der Waals surface area contributed by atoms with Gasteiger partial charge in [-0.05, 0) is 53.5 Å². The molecule has 1 aromatic carbocycles. The second-order valence-electron chi connectivity index (χ2n) is 4.67. The molecule has 1 heterocycles. The number of nitrogens with one attached hydrogen (secondary N) is 2. The van der Waals surface area contributed by atoms with Crippen molar-refractivity contribution in [2.24, 2.45) is 0 Å². The molecular weight excluding hydrogens is 383 g/mol. The predicted octanol–water partition coefficient (Wildman–Crippen LogP) is 2.52. The summed E-state index contributed by atoms with van der Waals surface area (Å²) in [4.78, 5) is 0.0975. The maximum atomic E-state index is 13.3. The van der Waals surface area contributed by atoms with E-state index in [4.69, 9.17) is 0 Å². The number of sulfonamides is 1. The quantitative estimate of drug-likeness (QED) is 0.765. The number of aryl methyl sites for hydroxylation is 1. The van der Waals surface area contributed by atoms with E-state index in [1.54, 1.807) is 6.92 Å². The van der Waals surface area contributed by atoms with E-state index >= 15 is 0 Å². The zero-order chi connectivity index (χ0) is 14.8. The van der Waals surface area contributed by atoms with Gasteiger partial charge in [0.1, 0.15) is 5.82 Å². The number of hydrogen-bond acceptors (Lipinski definition) is 3. The molecule has 0 aromatic heterocycles. The van der Waals surface area contributed by atoms with Crippen LogP contribution in [0.3, 0.4) is 0 Å². The molecule has 0 unspecified atom stereocenters. The summed E-state index contributed by atoms with van der Waals surface area (Å²) >= 11 is 3.01. The van der Waals surface area contributed by atoms with E-state index in [-0.39, 0.29) is 21.8 Å². The lowest BCUT2D eigenvalue weighted by molar-refractivity contribution is 0.580. The van der Waals surface area contributed by atoms with Crippen molar-refractivity contribution < 1.29 is 12.8 Å². The van der Waals surface area contributed by atoms with Gasteiger partial charge in [-0.25, -0.2) is 17.5 Å². The van der Waals surface area contributed by atoms with Crippen molar-refractivity contribution in [2.75, 3.05) is 19.6 Å². The Labute approximate surface area is 138 Å². The minimum Gasteiger partial charge on any atom is -0.313 e. The summed E-state index contributed by atoms with van der Waals surface area (Å²) in [5, 5.41) is 3.16. The Bertz CT molecular complexity index is 650. The molecule has 0 saturated heterocycles. The van der Waals surface area contributed by atoms with E-state index in [0.717, 1.165) is 25.1 Å². The van der Waals surface area contributed by atoms with Crippen LogP contribution in [0.25, 0.3) is 0 Å². The van der Waals surface area contributed by atoms with Crippen molar-refractivity contribution in [3.63, 3.8) is 0 Å². The monoisotopic (exact) mass is 398 g/mol. The Morgan fingerprint density at radius 1 is 1.43 bits per heavy atom. The first-order valence-corrected chi connectivity index (χ1v) is 8.52. The molecule has 0 bridgehead atoms. The Balaban J connectivity index is 0.00000220. The van der Waals surface area contributed by atoms with E-state index in [9.17, 15) is 12.8 Å². The minimum atomic E-state index is -3.64. The van der Waals surface area contributed by atoms with Crippen LogP contribution < -0.4 is 10.0 Å². The Hall–Kier alpha value is -0.470. The second-order valence-corrected chi connectivity index (χ2v) is 7.26. The van der Waals surface area contributed by atoms with E-state index in [0.29, 0.717) is 12.1 Å². The molecule has 0 fully saturated rings. The third-order valence-corrected chi connectivity index (χ3v) is 5.31. The van der Waals surface area contributed by atoms with Crippen LogP contribution >= 0.6 is 28.3 Å². The fourth-order valence-electron chi connectivity index (χ4n) is 2.01. The summed E-state index contributed by atoms with van der Waals surface area (Å²) < 4.78 is 40.6. The Kier molecular flexibility index (Phi) is 6.80. The van der Waals surface area contributed by atoms with Gasteiger partial charge in [0.2, 0.25) is 10.0 Å². The standard InChI is InChI=1S/C13H16BrFN2O2S.ClH/c1-9-6-12(15)11(14)7-13(9)20(18,19)17-8-10-2-4-16-5-3-10;/h2,6-7,16-17H,3-5,8H2,1H3;1H. The van der Waals surface area contributed by atoms with Crippen molar-refractivity contribution in [3.05, 3.63) is 39.6 Å². The molecule has 118 valence electrons. The molecule has 0 radical (unpaired) electrons. The summed E-state index contributed by atoms with van der Waals surface area (Å²) in [6.07, 6.45) is 2.81. The number of halogens is 3. The maximum Gasteiger partial charge on any atom is 0.241 e. The molecule has 1 aromatic rings. The highest BCUT2D eigenvalue weighted by Gasteiger charge is 2.19. The molecule has 0 saturated carbocycles. The van der Waals surface area contributed by atoms with Gasteiger partial charge in [0.15, 0.2) is 0 Å². The highest BCUT2D eigenvalue weighted by molar-refractivity contribution is 9.10. The van der Waals surface area contributed by atoms with Crippen LogP contribution in [0.2, 0.25) is 0 Å².